The predicted molar refractivity (Wildman–Crippen MR) is 87.4 cm³/mol. The minimum atomic E-state index is -2.50. The lowest BCUT2D eigenvalue weighted by atomic mass is 9.98. The first-order valence-corrected chi connectivity index (χ1v) is 8.57. The van der Waals surface area contributed by atoms with E-state index in [4.69, 9.17) is 9.47 Å². The Morgan fingerprint density at radius 1 is 1.30 bits per heavy atom. The molecule has 0 unspecified atom stereocenters. The van der Waals surface area contributed by atoms with Crippen LogP contribution < -0.4 is 9.47 Å². The Morgan fingerprint density at radius 2 is 2.04 bits per heavy atom. The van der Waals surface area contributed by atoms with Crippen LogP contribution in [-0.2, 0) is 7.05 Å². The van der Waals surface area contributed by atoms with Crippen molar-refractivity contribution < 1.29 is 18.3 Å². The normalized spacial score (nSPS) is 16.2. The van der Waals surface area contributed by atoms with Gasteiger partial charge in [-0.15, -0.1) is 0 Å². The van der Waals surface area contributed by atoms with Gasteiger partial charge in [0.05, 0.1) is 5.52 Å². The molecule has 0 saturated heterocycles. The number of alkyl halides is 2. The molecule has 2 aromatic rings. The quantitative estimate of drug-likeness (QED) is 0.745. The van der Waals surface area contributed by atoms with E-state index in [0.717, 1.165) is 23.9 Å². The fourth-order valence-electron chi connectivity index (χ4n) is 2.88. The third-order valence-electron chi connectivity index (χ3n) is 4.07. The van der Waals surface area contributed by atoms with Crippen LogP contribution in [0.25, 0.3) is 11.0 Å². The number of aromatic nitrogens is 2. The first kappa shape index (κ1) is 16.5. The van der Waals surface area contributed by atoms with E-state index < -0.39 is 13.0 Å². The number of ether oxygens (including phenoxy) is 2. The van der Waals surface area contributed by atoms with Crippen molar-refractivity contribution in [3.63, 3.8) is 0 Å². The largest absolute Gasteiger partial charge is 0.488 e. The van der Waals surface area contributed by atoms with Gasteiger partial charge >= 0.3 is 0 Å². The van der Waals surface area contributed by atoms with Crippen molar-refractivity contribution in [1.82, 2.24) is 9.55 Å². The summed E-state index contributed by atoms with van der Waals surface area (Å²) in [7, 11) is 1.86. The maximum atomic E-state index is 12.3. The second kappa shape index (κ2) is 7.03. The maximum absolute atomic E-state index is 12.3. The molecular weight excluding hydrogens is 370 g/mol. The Bertz CT molecular complexity index is 684. The van der Waals surface area contributed by atoms with Crippen molar-refractivity contribution in [3.8, 4) is 11.8 Å². The van der Waals surface area contributed by atoms with E-state index in [0.29, 0.717) is 16.2 Å². The van der Waals surface area contributed by atoms with Crippen molar-refractivity contribution in [2.24, 2.45) is 7.05 Å². The molecule has 1 fully saturated rings. The van der Waals surface area contributed by atoms with Gasteiger partial charge in [0.15, 0.2) is 0 Å². The molecule has 0 radical (unpaired) electrons. The molecule has 7 heteroatoms. The highest BCUT2D eigenvalue weighted by atomic mass is 79.9. The summed E-state index contributed by atoms with van der Waals surface area (Å²) in [6.07, 6.45) is 3.43. The zero-order valence-corrected chi connectivity index (χ0v) is 14.5. The van der Waals surface area contributed by atoms with Crippen LogP contribution in [0.3, 0.4) is 0 Å². The lowest BCUT2D eigenvalue weighted by Crippen LogP contribution is -2.21. The topological polar surface area (TPSA) is 36.3 Å². The molecule has 0 spiro atoms. The van der Waals surface area contributed by atoms with E-state index in [1.807, 2.05) is 11.6 Å². The Kier molecular flexibility index (Phi) is 5.04. The number of fused-ring (bicyclic) bond motifs is 1. The highest BCUT2D eigenvalue weighted by molar-refractivity contribution is 9.10. The van der Waals surface area contributed by atoms with Gasteiger partial charge in [-0.25, -0.2) is 8.78 Å². The SMILES string of the molecule is Cn1c(OC2CCCCC2)nc2c(Br)cc(OCC(F)F)cc21. The molecule has 1 aromatic heterocycles. The molecule has 0 aliphatic heterocycles. The average molecular weight is 389 g/mol. The number of hydrogen-bond acceptors (Lipinski definition) is 3. The summed E-state index contributed by atoms with van der Waals surface area (Å²) in [5.74, 6) is 0.386. The Hall–Kier alpha value is -1.37. The van der Waals surface area contributed by atoms with Crippen LogP contribution in [0.5, 0.6) is 11.8 Å². The number of aryl methyl sites for hydroxylation is 1. The number of hydrogen-bond donors (Lipinski definition) is 0. The van der Waals surface area contributed by atoms with Crippen LogP contribution in [0.2, 0.25) is 0 Å². The molecule has 3 rings (SSSR count). The summed E-state index contributed by atoms with van der Waals surface area (Å²) in [5, 5.41) is 0. The smallest absolute Gasteiger partial charge is 0.297 e. The third-order valence-corrected chi connectivity index (χ3v) is 4.68. The molecule has 0 atom stereocenters. The second-order valence-electron chi connectivity index (χ2n) is 5.81. The lowest BCUT2D eigenvalue weighted by Gasteiger charge is -2.22. The van der Waals surface area contributed by atoms with Crippen molar-refractivity contribution in [2.75, 3.05) is 6.61 Å². The zero-order valence-electron chi connectivity index (χ0n) is 12.9. The van der Waals surface area contributed by atoms with Crippen LogP contribution in [0.4, 0.5) is 8.78 Å². The van der Waals surface area contributed by atoms with Crippen LogP contribution in [0.15, 0.2) is 16.6 Å². The van der Waals surface area contributed by atoms with Crippen LogP contribution >= 0.6 is 15.9 Å². The second-order valence-corrected chi connectivity index (χ2v) is 6.66. The molecule has 1 aliphatic rings. The van der Waals surface area contributed by atoms with Gasteiger partial charge in [0.25, 0.3) is 12.4 Å². The number of nitrogens with zero attached hydrogens (tertiary/aromatic N) is 2. The van der Waals surface area contributed by atoms with Gasteiger partial charge in [-0.3, -0.25) is 4.57 Å². The average Bonchev–Trinajstić information content (AvgIpc) is 2.84. The van der Waals surface area contributed by atoms with Gasteiger partial charge in [0.1, 0.15) is 24.0 Å². The van der Waals surface area contributed by atoms with Crippen LogP contribution in [0, 0.1) is 0 Å². The first-order valence-electron chi connectivity index (χ1n) is 7.78. The Labute approximate surface area is 141 Å². The lowest BCUT2D eigenvalue weighted by molar-refractivity contribution is 0.0819. The Balaban J connectivity index is 1.86. The molecule has 23 heavy (non-hydrogen) atoms. The monoisotopic (exact) mass is 388 g/mol. The van der Waals surface area contributed by atoms with Gasteiger partial charge in [-0.05, 0) is 47.7 Å². The van der Waals surface area contributed by atoms with Gasteiger partial charge in [-0.1, -0.05) is 6.42 Å². The molecule has 0 N–H and O–H groups in total. The highest BCUT2D eigenvalue weighted by Crippen LogP contribution is 2.33. The van der Waals surface area contributed by atoms with Gasteiger partial charge < -0.3 is 9.47 Å². The molecule has 1 saturated carbocycles. The van der Waals surface area contributed by atoms with Crippen molar-refractivity contribution in [1.29, 1.82) is 0 Å². The standard InChI is InChI=1S/C16H19BrF2N2O2/c1-21-13-8-11(22-9-14(18)19)7-12(17)15(13)20-16(21)23-10-5-3-2-4-6-10/h7-8,10,14H,2-6,9H2,1H3. The number of halogens is 3. The zero-order chi connectivity index (χ0) is 16.4. The van der Waals surface area contributed by atoms with E-state index in [1.54, 1.807) is 12.1 Å². The molecule has 1 heterocycles. The number of benzene rings is 1. The molecule has 1 aliphatic carbocycles. The van der Waals surface area contributed by atoms with Crippen LogP contribution in [0.1, 0.15) is 32.1 Å². The summed E-state index contributed by atoms with van der Waals surface area (Å²) < 4.78 is 38.3. The molecule has 0 amide bonds. The fraction of sp³-hybridized carbons (Fsp3) is 0.562. The van der Waals surface area contributed by atoms with E-state index >= 15 is 0 Å². The summed E-state index contributed by atoms with van der Waals surface area (Å²) >= 11 is 3.43. The van der Waals surface area contributed by atoms with Crippen molar-refractivity contribution in [2.45, 2.75) is 44.6 Å². The van der Waals surface area contributed by atoms with Crippen LogP contribution in [-0.4, -0.2) is 28.7 Å². The summed E-state index contributed by atoms with van der Waals surface area (Å²) in [5.41, 5.74) is 1.53. The predicted octanol–water partition coefficient (Wildman–Crippen LogP) is 4.69. The van der Waals surface area contributed by atoms with Gasteiger partial charge in [0.2, 0.25) is 0 Å². The van der Waals surface area contributed by atoms with Gasteiger partial charge in [-0.2, -0.15) is 4.98 Å². The maximum Gasteiger partial charge on any atom is 0.297 e. The molecular formula is C16H19BrF2N2O2. The van der Waals surface area contributed by atoms with Crippen molar-refractivity contribution >= 4 is 27.0 Å². The van der Waals surface area contributed by atoms with Crippen molar-refractivity contribution in [3.05, 3.63) is 16.6 Å². The molecule has 4 nitrogen and oxygen atoms in total. The number of rotatable bonds is 5. The number of imidazole rings is 1. The van der Waals surface area contributed by atoms with E-state index in [-0.39, 0.29) is 6.10 Å². The summed E-state index contributed by atoms with van der Waals surface area (Å²) in [6, 6.07) is 3.92. The van der Waals surface area contributed by atoms with E-state index in [1.165, 1.54) is 19.3 Å². The summed E-state index contributed by atoms with van der Waals surface area (Å²) in [6.45, 7) is -0.624. The van der Waals surface area contributed by atoms with Gasteiger partial charge in [0, 0.05) is 17.6 Å². The molecule has 126 valence electrons. The summed E-state index contributed by atoms with van der Waals surface area (Å²) in [4.78, 5) is 4.53. The highest BCUT2D eigenvalue weighted by Gasteiger charge is 2.20. The minimum Gasteiger partial charge on any atom is -0.488 e. The van der Waals surface area contributed by atoms with E-state index in [2.05, 4.69) is 20.9 Å². The Morgan fingerprint density at radius 3 is 2.74 bits per heavy atom. The minimum absolute atomic E-state index is 0.201. The van der Waals surface area contributed by atoms with E-state index in [9.17, 15) is 8.78 Å². The first-order chi connectivity index (χ1) is 11.0. The molecule has 1 aromatic carbocycles. The molecule has 0 bridgehead atoms. The fourth-order valence-corrected chi connectivity index (χ4v) is 3.40. The third kappa shape index (κ3) is 3.76.